The molecular formula is C10H15N3O. The minimum Gasteiger partial charge on any atom is -0.339 e. The van der Waals surface area contributed by atoms with Crippen LogP contribution in [0.4, 0.5) is 0 Å². The van der Waals surface area contributed by atoms with Gasteiger partial charge < -0.3 is 9.84 Å². The SMILES string of the molecule is Cc1noc([C@]23CCC[C@H]2CNC3)n1. The lowest BCUT2D eigenvalue weighted by Gasteiger charge is -2.22. The third-order valence-electron chi connectivity index (χ3n) is 3.74. The van der Waals surface area contributed by atoms with Crippen molar-refractivity contribution >= 4 is 0 Å². The van der Waals surface area contributed by atoms with Gasteiger partial charge in [-0.25, -0.2) is 0 Å². The number of fused-ring (bicyclic) bond motifs is 1. The lowest BCUT2D eigenvalue weighted by molar-refractivity contribution is 0.264. The van der Waals surface area contributed by atoms with Crippen LogP contribution in [0.2, 0.25) is 0 Å². The van der Waals surface area contributed by atoms with Gasteiger partial charge in [-0.05, 0) is 32.2 Å². The second-order valence-corrected chi connectivity index (χ2v) is 4.52. The van der Waals surface area contributed by atoms with Crippen LogP contribution in [-0.4, -0.2) is 23.2 Å². The first-order valence-corrected chi connectivity index (χ1v) is 5.33. The van der Waals surface area contributed by atoms with E-state index >= 15 is 0 Å². The van der Waals surface area contributed by atoms with Crippen LogP contribution in [0.25, 0.3) is 0 Å². The fourth-order valence-corrected chi connectivity index (χ4v) is 3.00. The van der Waals surface area contributed by atoms with Crippen LogP contribution in [0, 0.1) is 12.8 Å². The molecule has 2 fully saturated rings. The number of aryl methyl sites for hydroxylation is 1. The smallest absolute Gasteiger partial charge is 0.234 e. The highest BCUT2D eigenvalue weighted by molar-refractivity contribution is 5.16. The summed E-state index contributed by atoms with van der Waals surface area (Å²) in [5.41, 5.74) is 0.168. The van der Waals surface area contributed by atoms with E-state index in [-0.39, 0.29) is 5.41 Å². The number of aromatic nitrogens is 2. The predicted octanol–water partition coefficient (Wildman–Crippen LogP) is 1.02. The van der Waals surface area contributed by atoms with Gasteiger partial charge in [0.05, 0.1) is 5.41 Å². The Balaban J connectivity index is 2.02. The molecule has 0 spiro atoms. The molecule has 0 bridgehead atoms. The maximum absolute atomic E-state index is 5.35. The fourth-order valence-electron chi connectivity index (χ4n) is 3.00. The van der Waals surface area contributed by atoms with Gasteiger partial charge in [0.15, 0.2) is 5.82 Å². The molecule has 2 aliphatic rings. The van der Waals surface area contributed by atoms with Gasteiger partial charge >= 0.3 is 0 Å². The second-order valence-electron chi connectivity index (χ2n) is 4.52. The van der Waals surface area contributed by atoms with Gasteiger partial charge in [0, 0.05) is 6.54 Å². The monoisotopic (exact) mass is 193 g/mol. The molecule has 0 radical (unpaired) electrons. The molecule has 0 aromatic carbocycles. The molecule has 0 unspecified atom stereocenters. The van der Waals surface area contributed by atoms with E-state index in [1.807, 2.05) is 6.92 Å². The van der Waals surface area contributed by atoms with E-state index < -0.39 is 0 Å². The van der Waals surface area contributed by atoms with Gasteiger partial charge in [0.2, 0.25) is 5.89 Å². The highest BCUT2D eigenvalue weighted by atomic mass is 16.5. The number of nitrogens with zero attached hydrogens (tertiary/aromatic N) is 2. The Hall–Kier alpha value is -0.900. The molecule has 2 heterocycles. The zero-order valence-corrected chi connectivity index (χ0v) is 8.42. The van der Waals surface area contributed by atoms with Crippen LogP contribution in [0.1, 0.15) is 31.0 Å². The van der Waals surface area contributed by atoms with Crippen molar-refractivity contribution in [2.75, 3.05) is 13.1 Å². The topological polar surface area (TPSA) is 51.0 Å². The van der Waals surface area contributed by atoms with E-state index in [0.717, 1.165) is 24.8 Å². The summed E-state index contributed by atoms with van der Waals surface area (Å²) in [6.07, 6.45) is 3.80. The zero-order valence-electron chi connectivity index (χ0n) is 8.42. The average Bonchev–Trinajstić information content (AvgIpc) is 2.75. The first-order valence-electron chi connectivity index (χ1n) is 5.33. The van der Waals surface area contributed by atoms with Crippen LogP contribution in [-0.2, 0) is 5.41 Å². The van der Waals surface area contributed by atoms with Gasteiger partial charge in [0.1, 0.15) is 0 Å². The standard InChI is InChI=1S/C10H15N3O/c1-7-12-9(14-13-7)10-4-2-3-8(10)5-11-6-10/h8,11H,2-6H2,1H3/t8-,10-/m0/s1. The molecule has 1 aliphatic heterocycles. The molecule has 1 N–H and O–H groups in total. The van der Waals surface area contributed by atoms with Crippen LogP contribution < -0.4 is 5.32 Å². The second kappa shape index (κ2) is 2.79. The molecule has 76 valence electrons. The fraction of sp³-hybridized carbons (Fsp3) is 0.800. The van der Waals surface area contributed by atoms with Crippen molar-refractivity contribution in [3.63, 3.8) is 0 Å². The molecule has 3 rings (SSSR count). The van der Waals surface area contributed by atoms with Gasteiger partial charge in [-0.2, -0.15) is 4.98 Å². The van der Waals surface area contributed by atoms with E-state index in [4.69, 9.17) is 4.52 Å². The Bertz CT molecular complexity index is 337. The largest absolute Gasteiger partial charge is 0.339 e. The molecule has 1 aromatic rings. The summed E-state index contributed by atoms with van der Waals surface area (Å²) in [5.74, 6) is 2.33. The Labute approximate surface area is 83.1 Å². The number of nitrogens with one attached hydrogen (secondary N) is 1. The van der Waals surface area contributed by atoms with Crippen molar-refractivity contribution in [2.24, 2.45) is 5.92 Å². The lowest BCUT2D eigenvalue weighted by Crippen LogP contribution is -2.31. The van der Waals surface area contributed by atoms with E-state index in [1.54, 1.807) is 0 Å². The van der Waals surface area contributed by atoms with Crippen molar-refractivity contribution < 1.29 is 4.52 Å². The summed E-state index contributed by atoms with van der Waals surface area (Å²) in [6.45, 7) is 4.01. The number of hydrogen-bond donors (Lipinski definition) is 1. The van der Waals surface area contributed by atoms with Gasteiger partial charge in [-0.3, -0.25) is 0 Å². The van der Waals surface area contributed by atoms with Gasteiger partial charge in [-0.15, -0.1) is 0 Å². The third-order valence-corrected chi connectivity index (χ3v) is 3.74. The van der Waals surface area contributed by atoms with Crippen molar-refractivity contribution in [1.29, 1.82) is 0 Å². The maximum atomic E-state index is 5.35. The highest BCUT2D eigenvalue weighted by Gasteiger charge is 2.51. The Morgan fingerprint density at radius 2 is 2.50 bits per heavy atom. The Kier molecular flexibility index (Phi) is 1.68. The number of hydrogen-bond acceptors (Lipinski definition) is 4. The molecule has 1 saturated carbocycles. The van der Waals surface area contributed by atoms with E-state index in [1.165, 1.54) is 19.3 Å². The van der Waals surface area contributed by atoms with Crippen molar-refractivity contribution in [1.82, 2.24) is 15.5 Å². The molecule has 4 nitrogen and oxygen atoms in total. The predicted molar refractivity (Wildman–Crippen MR) is 50.9 cm³/mol. The first-order chi connectivity index (χ1) is 6.81. The van der Waals surface area contributed by atoms with Crippen LogP contribution in [0.3, 0.4) is 0 Å². The maximum Gasteiger partial charge on any atom is 0.234 e. The molecule has 4 heteroatoms. The molecule has 1 aliphatic carbocycles. The Morgan fingerprint density at radius 1 is 1.57 bits per heavy atom. The van der Waals surface area contributed by atoms with Crippen molar-refractivity contribution in [3.05, 3.63) is 11.7 Å². The molecule has 0 amide bonds. The average molecular weight is 193 g/mol. The molecule has 14 heavy (non-hydrogen) atoms. The minimum atomic E-state index is 0.168. The summed E-state index contributed by atoms with van der Waals surface area (Å²) < 4.78 is 5.35. The van der Waals surface area contributed by atoms with E-state index in [9.17, 15) is 0 Å². The third kappa shape index (κ3) is 0.974. The zero-order chi connectivity index (χ0) is 9.60. The van der Waals surface area contributed by atoms with E-state index in [2.05, 4.69) is 15.5 Å². The van der Waals surface area contributed by atoms with Crippen molar-refractivity contribution in [2.45, 2.75) is 31.6 Å². The molecule has 1 saturated heterocycles. The first kappa shape index (κ1) is 8.41. The Morgan fingerprint density at radius 3 is 3.29 bits per heavy atom. The van der Waals surface area contributed by atoms with Gasteiger partial charge in [-0.1, -0.05) is 11.6 Å². The summed E-state index contributed by atoms with van der Waals surface area (Å²) in [7, 11) is 0. The van der Waals surface area contributed by atoms with Crippen LogP contribution in [0.15, 0.2) is 4.52 Å². The molecular weight excluding hydrogens is 178 g/mol. The summed E-state index contributed by atoms with van der Waals surface area (Å²) >= 11 is 0. The van der Waals surface area contributed by atoms with Crippen LogP contribution in [0.5, 0.6) is 0 Å². The minimum absolute atomic E-state index is 0.168. The number of rotatable bonds is 1. The molecule has 2 atom stereocenters. The summed E-state index contributed by atoms with van der Waals surface area (Å²) in [4.78, 5) is 4.41. The normalized spacial score (nSPS) is 36.2. The summed E-state index contributed by atoms with van der Waals surface area (Å²) in [6, 6.07) is 0. The molecule has 1 aromatic heterocycles. The highest BCUT2D eigenvalue weighted by Crippen LogP contribution is 2.46. The van der Waals surface area contributed by atoms with Crippen molar-refractivity contribution in [3.8, 4) is 0 Å². The lowest BCUT2D eigenvalue weighted by atomic mass is 9.80. The van der Waals surface area contributed by atoms with Gasteiger partial charge in [0.25, 0.3) is 0 Å². The van der Waals surface area contributed by atoms with Crippen LogP contribution >= 0.6 is 0 Å². The quantitative estimate of drug-likeness (QED) is 0.723. The van der Waals surface area contributed by atoms with E-state index in [0.29, 0.717) is 5.92 Å². The summed E-state index contributed by atoms with van der Waals surface area (Å²) in [5, 5.41) is 7.35.